The van der Waals surface area contributed by atoms with Gasteiger partial charge in [0.15, 0.2) is 11.9 Å². The second-order valence-corrected chi connectivity index (χ2v) is 5.99. The molecule has 0 amide bonds. The summed E-state index contributed by atoms with van der Waals surface area (Å²) >= 11 is 0. The van der Waals surface area contributed by atoms with Crippen LogP contribution >= 0.6 is 0 Å². The standard InChI is InChI=1S/C15H22O5/c1-11(2)13(16)19-12-6-5-9-17-15(12)10-18-14(20-15)7-3-4-8-14/h12H,1,3-10H2,2H3/t12-,15-/m0/s1. The van der Waals surface area contributed by atoms with Gasteiger partial charge in [-0.2, -0.15) is 0 Å². The highest BCUT2D eigenvalue weighted by Gasteiger charge is 2.58. The van der Waals surface area contributed by atoms with E-state index in [2.05, 4.69) is 6.58 Å². The van der Waals surface area contributed by atoms with Crippen molar-refractivity contribution in [3.8, 4) is 0 Å². The van der Waals surface area contributed by atoms with E-state index in [9.17, 15) is 4.79 Å². The Labute approximate surface area is 119 Å². The molecule has 2 aliphatic heterocycles. The number of rotatable bonds is 2. The van der Waals surface area contributed by atoms with Gasteiger partial charge in [-0.05, 0) is 32.6 Å². The van der Waals surface area contributed by atoms with Crippen molar-refractivity contribution in [1.82, 2.24) is 0 Å². The molecule has 1 saturated carbocycles. The Morgan fingerprint density at radius 1 is 1.25 bits per heavy atom. The summed E-state index contributed by atoms with van der Waals surface area (Å²) in [7, 11) is 0. The van der Waals surface area contributed by atoms with Crippen molar-refractivity contribution in [2.24, 2.45) is 0 Å². The first-order valence-electron chi connectivity index (χ1n) is 7.40. The SMILES string of the molecule is C=C(C)C(=O)O[C@H]1CCCO[C@]12COC1(CCCC1)O2. The minimum absolute atomic E-state index is 0.334. The molecule has 1 aliphatic carbocycles. The van der Waals surface area contributed by atoms with Gasteiger partial charge in [0.05, 0.1) is 6.61 Å². The Balaban J connectivity index is 1.75. The van der Waals surface area contributed by atoms with E-state index < -0.39 is 23.6 Å². The molecule has 0 bridgehead atoms. The number of hydrogen-bond donors (Lipinski definition) is 0. The summed E-state index contributed by atoms with van der Waals surface area (Å²) in [6.07, 6.45) is 5.15. The largest absolute Gasteiger partial charge is 0.453 e. The summed E-state index contributed by atoms with van der Waals surface area (Å²) < 4.78 is 23.5. The van der Waals surface area contributed by atoms with E-state index in [0.717, 1.165) is 38.5 Å². The average molecular weight is 282 g/mol. The zero-order chi connectivity index (χ0) is 14.2. The molecular formula is C15H22O5. The molecule has 3 rings (SSSR count). The lowest BCUT2D eigenvalue weighted by molar-refractivity contribution is -0.311. The van der Waals surface area contributed by atoms with Crippen molar-refractivity contribution < 1.29 is 23.7 Å². The minimum atomic E-state index is -0.923. The van der Waals surface area contributed by atoms with Gasteiger partial charge in [0, 0.05) is 18.4 Å². The predicted octanol–water partition coefficient (Wildman–Crippen LogP) is 2.30. The summed E-state index contributed by atoms with van der Waals surface area (Å²) in [5.41, 5.74) is 0.389. The normalized spacial score (nSPS) is 35.5. The molecule has 3 fully saturated rings. The van der Waals surface area contributed by atoms with Crippen LogP contribution in [0.4, 0.5) is 0 Å². The summed E-state index contributed by atoms with van der Waals surface area (Å²) in [5, 5.41) is 0. The van der Waals surface area contributed by atoms with E-state index in [1.165, 1.54) is 0 Å². The van der Waals surface area contributed by atoms with Crippen molar-refractivity contribution in [1.29, 1.82) is 0 Å². The zero-order valence-electron chi connectivity index (χ0n) is 12.0. The average Bonchev–Trinajstić information content (AvgIpc) is 3.02. The molecule has 20 heavy (non-hydrogen) atoms. The maximum Gasteiger partial charge on any atom is 0.333 e. The lowest BCUT2D eigenvalue weighted by atomic mass is 10.0. The second kappa shape index (κ2) is 5.13. The fourth-order valence-corrected chi connectivity index (χ4v) is 3.20. The third kappa shape index (κ3) is 2.38. The Kier molecular flexibility index (Phi) is 3.60. The second-order valence-electron chi connectivity index (χ2n) is 5.99. The van der Waals surface area contributed by atoms with Crippen LogP contribution in [0.2, 0.25) is 0 Å². The van der Waals surface area contributed by atoms with Crippen LogP contribution in [0.15, 0.2) is 12.2 Å². The first-order valence-corrected chi connectivity index (χ1v) is 7.40. The molecule has 2 atom stereocenters. The van der Waals surface area contributed by atoms with Crippen molar-refractivity contribution in [3.05, 3.63) is 12.2 Å². The van der Waals surface area contributed by atoms with Crippen LogP contribution < -0.4 is 0 Å². The maximum atomic E-state index is 11.8. The highest BCUT2D eigenvalue weighted by Crippen LogP contribution is 2.47. The van der Waals surface area contributed by atoms with Crippen LogP contribution in [0.3, 0.4) is 0 Å². The molecule has 0 aromatic heterocycles. The third-order valence-electron chi connectivity index (χ3n) is 4.31. The topological polar surface area (TPSA) is 54.0 Å². The fraction of sp³-hybridized carbons (Fsp3) is 0.800. The quantitative estimate of drug-likeness (QED) is 0.574. The first kappa shape index (κ1) is 14.0. The summed E-state index contributed by atoms with van der Waals surface area (Å²) in [4.78, 5) is 11.8. The minimum Gasteiger partial charge on any atom is -0.453 e. The lowest BCUT2D eigenvalue weighted by Crippen LogP contribution is -2.53. The van der Waals surface area contributed by atoms with Crippen molar-refractivity contribution in [3.63, 3.8) is 0 Å². The molecular weight excluding hydrogens is 260 g/mol. The third-order valence-corrected chi connectivity index (χ3v) is 4.31. The molecule has 0 radical (unpaired) electrons. The van der Waals surface area contributed by atoms with Gasteiger partial charge >= 0.3 is 5.97 Å². The number of ether oxygens (including phenoxy) is 4. The van der Waals surface area contributed by atoms with E-state index in [0.29, 0.717) is 18.8 Å². The Hall–Kier alpha value is -0.910. The van der Waals surface area contributed by atoms with Crippen molar-refractivity contribution in [2.75, 3.05) is 13.2 Å². The van der Waals surface area contributed by atoms with E-state index >= 15 is 0 Å². The zero-order valence-corrected chi connectivity index (χ0v) is 12.0. The van der Waals surface area contributed by atoms with Crippen LogP contribution in [0, 0.1) is 0 Å². The molecule has 2 spiro atoms. The Morgan fingerprint density at radius 2 is 2.00 bits per heavy atom. The van der Waals surface area contributed by atoms with Gasteiger partial charge < -0.3 is 18.9 Å². The predicted molar refractivity (Wildman–Crippen MR) is 70.8 cm³/mol. The molecule has 5 nitrogen and oxygen atoms in total. The van der Waals surface area contributed by atoms with Crippen molar-refractivity contribution >= 4 is 5.97 Å². The van der Waals surface area contributed by atoms with Gasteiger partial charge in [-0.15, -0.1) is 0 Å². The first-order chi connectivity index (χ1) is 9.55. The smallest absolute Gasteiger partial charge is 0.333 e. The summed E-state index contributed by atoms with van der Waals surface area (Å²) in [6, 6.07) is 0. The number of carbonyl (C=O) groups is 1. The molecule has 0 aromatic rings. The monoisotopic (exact) mass is 282 g/mol. The summed E-state index contributed by atoms with van der Waals surface area (Å²) in [5.74, 6) is -1.84. The Bertz CT molecular complexity index is 412. The van der Waals surface area contributed by atoms with Gasteiger partial charge in [0.2, 0.25) is 5.79 Å². The van der Waals surface area contributed by atoms with Gasteiger partial charge in [-0.3, -0.25) is 0 Å². The molecule has 112 valence electrons. The number of carbonyl (C=O) groups excluding carboxylic acids is 1. The van der Waals surface area contributed by atoms with Crippen molar-refractivity contribution in [2.45, 2.75) is 63.1 Å². The van der Waals surface area contributed by atoms with E-state index in [4.69, 9.17) is 18.9 Å². The van der Waals surface area contributed by atoms with Gasteiger partial charge in [-0.1, -0.05) is 6.58 Å². The molecule has 0 aromatic carbocycles. The van der Waals surface area contributed by atoms with Crippen LogP contribution in [0.25, 0.3) is 0 Å². The lowest BCUT2D eigenvalue weighted by Gasteiger charge is -2.39. The molecule has 0 unspecified atom stereocenters. The van der Waals surface area contributed by atoms with Crippen LogP contribution in [0.5, 0.6) is 0 Å². The molecule has 2 heterocycles. The van der Waals surface area contributed by atoms with Crippen LogP contribution in [-0.2, 0) is 23.7 Å². The van der Waals surface area contributed by atoms with E-state index in [1.807, 2.05) is 0 Å². The van der Waals surface area contributed by atoms with E-state index in [1.54, 1.807) is 6.92 Å². The van der Waals surface area contributed by atoms with Gasteiger partial charge in [-0.25, -0.2) is 4.79 Å². The fourth-order valence-electron chi connectivity index (χ4n) is 3.20. The molecule has 2 saturated heterocycles. The Morgan fingerprint density at radius 3 is 2.70 bits per heavy atom. The molecule has 0 N–H and O–H groups in total. The highest BCUT2D eigenvalue weighted by molar-refractivity contribution is 5.87. The number of esters is 1. The van der Waals surface area contributed by atoms with Gasteiger partial charge in [0.25, 0.3) is 0 Å². The summed E-state index contributed by atoms with van der Waals surface area (Å²) in [6.45, 7) is 6.21. The van der Waals surface area contributed by atoms with Crippen LogP contribution in [-0.4, -0.2) is 36.9 Å². The van der Waals surface area contributed by atoms with Gasteiger partial charge in [0.1, 0.15) is 6.61 Å². The molecule has 5 heteroatoms. The van der Waals surface area contributed by atoms with Crippen LogP contribution in [0.1, 0.15) is 45.4 Å². The number of hydrogen-bond acceptors (Lipinski definition) is 5. The maximum absolute atomic E-state index is 11.8. The highest BCUT2D eigenvalue weighted by atomic mass is 16.8. The molecule has 3 aliphatic rings. The van der Waals surface area contributed by atoms with E-state index in [-0.39, 0.29) is 0 Å².